The molecule has 7 heteroatoms. The fourth-order valence-corrected chi connectivity index (χ4v) is 3.33. The summed E-state index contributed by atoms with van der Waals surface area (Å²) in [7, 11) is 1.63. The Bertz CT molecular complexity index is 701. The first-order valence-electron chi connectivity index (χ1n) is 8.26. The molecule has 0 aliphatic carbocycles. The van der Waals surface area contributed by atoms with E-state index in [2.05, 4.69) is 10.6 Å². The Kier molecular flexibility index (Phi) is 8.53. The van der Waals surface area contributed by atoms with E-state index in [9.17, 15) is 13.6 Å². The second-order valence-electron chi connectivity index (χ2n) is 5.52. The van der Waals surface area contributed by atoms with Gasteiger partial charge in [0.2, 0.25) is 5.91 Å². The molecule has 0 heterocycles. The van der Waals surface area contributed by atoms with E-state index in [-0.39, 0.29) is 5.91 Å². The molecule has 0 fully saturated rings. The Morgan fingerprint density at radius 3 is 2.54 bits per heavy atom. The maximum atomic E-state index is 13.5. The number of carbonyl (C=O) groups excluding carboxylic acids is 1. The van der Waals surface area contributed by atoms with Gasteiger partial charge in [-0.1, -0.05) is 30.3 Å². The molecule has 2 rings (SSSR count). The van der Waals surface area contributed by atoms with Crippen molar-refractivity contribution in [1.82, 2.24) is 10.6 Å². The summed E-state index contributed by atoms with van der Waals surface area (Å²) in [5.74, 6) is -2.01. The SMILES string of the molecule is COCCNCCNC(=O)C(Sc1ccc(F)c(F)c1)c1ccccc1. The van der Waals surface area contributed by atoms with E-state index < -0.39 is 16.9 Å². The van der Waals surface area contributed by atoms with Crippen LogP contribution in [0.3, 0.4) is 0 Å². The van der Waals surface area contributed by atoms with E-state index in [1.165, 1.54) is 17.8 Å². The van der Waals surface area contributed by atoms with Gasteiger partial charge in [-0.05, 0) is 23.8 Å². The summed E-state index contributed by atoms with van der Waals surface area (Å²) in [4.78, 5) is 13.1. The molecule has 0 saturated carbocycles. The van der Waals surface area contributed by atoms with Crippen LogP contribution in [0.4, 0.5) is 8.78 Å². The molecule has 0 aliphatic heterocycles. The zero-order valence-electron chi connectivity index (χ0n) is 14.5. The van der Waals surface area contributed by atoms with Crippen LogP contribution in [-0.2, 0) is 9.53 Å². The Labute approximate surface area is 156 Å². The number of methoxy groups -OCH3 is 1. The fraction of sp³-hybridized carbons (Fsp3) is 0.316. The van der Waals surface area contributed by atoms with Crippen molar-refractivity contribution in [2.45, 2.75) is 10.1 Å². The zero-order chi connectivity index (χ0) is 18.8. The lowest BCUT2D eigenvalue weighted by atomic mass is 10.1. The van der Waals surface area contributed by atoms with Gasteiger partial charge >= 0.3 is 0 Å². The third-order valence-corrected chi connectivity index (χ3v) is 4.82. The van der Waals surface area contributed by atoms with Gasteiger partial charge in [-0.2, -0.15) is 0 Å². The van der Waals surface area contributed by atoms with Crippen molar-refractivity contribution in [3.63, 3.8) is 0 Å². The monoisotopic (exact) mass is 380 g/mol. The molecule has 2 N–H and O–H groups in total. The highest BCUT2D eigenvalue weighted by molar-refractivity contribution is 8.00. The molecule has 2 aromatic rings. The van der Waals surface area contributed by atoms with Crippen molar-refractivity contribution in [2.24, 2.45) is 0 Å². The van der Waals surface area contributed by atoms with Gasteiger partial charge < -0.3 is 15.4 Å². The van der Waals surface area contributed by atoms with Crippen LogP contribution < -0.4 is 10.6 Å². The molecule has 2 aromatic carbocycles. The lowest BCUT2D eigenvalue weighted by Crippen LogP contribution is -2.35. The van der Waals surface area contributed by atoms with E-state index in [4.69, 9.17) is 4.74 Å². The van der Waals surface area contributed by atoms with Crippen LogP contribution in [0, 0.1) is 11.6 Å². The van der Waals surface area contributed by atoms with Gasteiger partial charge in [0.15, 0.2) is 11.6 Å². The first kappa shape index (κ1) is 20.4. The molecule has 0 bridgehead atoms. The van der Waals surface area contributed by atoms with Crippen LogP contribution >= 0.6 is 11.8 Å². The number of amides is 1. The predicted octanol–water partition coefficient (Wildman–Crippen LogP) is 3.15. The van der Waals surface area contributed by atoms with Crippen molar-refractivity contribution in [3.05, 3.63) is 65.7 Å². The predicted molar refractivity (Wildman–Crippen MR) is 99.2 cm³/mol. The highest BCUT2D eigenvalue weighted by atomic mass is 32.2. The quantitative estimate of drug-likeness (QED) is 0.491. The zero-order valence-corrected chi connectivity index (χ0v) is 15.3. The molecular weight excluding hydrogens is 358 g/mol. The molecule has 0 aliphatic rings. The Balaban J connectivity index is 2.01. The van der Waals surface area contributed by atoms with Crippen molar-refractivity contribution in [1.29, 1.82) is 0 Å². The lowest BCUT2D eigenvalue weighted by Gasteiger charge is -2.17. The van der Waals surface area contributed by atoms with Gasteiger partial charge in [-0.3, -0.25) is 4.79 Å². The van der Waals surface area contributed by atoms with Crippen molar-refractivity contribution in [3.8, 4) is 0 Å². The van der Waals surface area contributed by atoms with E-state index in [0.29, 0.717) is 31.1 Å². The third kappa shape index (κ3) is 6.40. The minimum atomic E-state index is -0.926. The Hall–Kier alpha value is -1.96. The third-order valence-electron chi connectivity index (χ3n) is 3.57. The summed E-state index contributed by atoms with van der Waals surface area (Å²) in [5.41, 5.74) is 0.798. The first-order valence-corrected chi connectivity index (χ1v) is 9.14. The molecule has 1 atom stereocenters. The molecule has 1 amide bonds. The number of nitrogens with one attached hydrogen (secondary N) is 2. The lowest BCUT2D eigenvalue weighted by molar-refractivity contribution is -0.120. The van der Waals surface area contributed by atoms with Gasteiger partial charge in [0, 0.05) is 31.6 Å². The molecule has 4 nitrogen and oxygen atoms in total. The minimum absolute atomic E-state index is 0.181. The first-order chi connectivity index (χ1) is 12.6. The van der Waals surface area contributed by atoms with Gasteiger partial charge in [-0.25, -0.2) is 8.78 Å². The molecule has 1 unspecified atom stereocenters. The summed E-state index contributed by atoms with van der Waals surface area (Å²) in [6.07, 6.45) is 0. The average molecular weight is 380 g/mol. The Morgan fingerprint density at radius 1 is 1.08 bits per heavy atom. The highest BCUT2D eigenvalue weighted by Gasteiger charge is 2.22. The van der Waals surface area contributed by atoms with Crippen molar-refractivity contribution in [2.75, 3.05) is 33.4 Å². The molecule has 140 valence electrons. The molecule has 0 spiro atoms. The van der Waals surface area contributed by atoms with Gasteiger partial charge in [-0.15, -0.1) is 11.8 Å². The van der Waals surface area contributed by atoms with E-state index >= 15 is 0 Å². The molecular formula is C19H22F2N2O2S. The summed E-state index contributed by atoms with van der Waals surface area (Å²) in [6, 6.07) is 12.9. The fourth-order valence-electron chi connectivity index (χ4n) is 2.25. The average Bonchev–Trinajstić information content (AvgIpc) is 2.66. The second-order valence-corrected chi connectivity index (χ2v) is 6.70. The normalized spacial score (nSPS) is 12.0. The number of ether oxygens (including phenoxy) is 1. The number of hydrogen-bond acceptors (Lipinski definition) is 4. The summed E-state index contributed by atoms with van der Waals surface area (Å²) in [6.45, 7) is 2.39. The van der Waals surface area contributed by atoms with Crippen LogP contribution in [0.5, 0.6) is 0 Å². The second kappa shape index (κ2) is 10.9. The van der Waals surface area contributed by atoms with E-state index in [1.807, 2.05) is 30.3 Å². The summed E-state index contributed by atoms with van der Waals surface area (Å²) < 4.78 is 31.5. The largest absolute Gasteiger partial charge is 0.383 e. The van der Waals surface area contributed by atoms with Crippen LogP contribution in [0.25, 0.3) is 0 Å². The van der Waals surface area contributed by atoms with Crippen LogP contribution in [-0.4, -0.2) is 39.3 Å². The van der Waals surface area contributed by atoms with E-state index in [1.54, 1.807) is 7.11 Å². The number of carbonyl (C=O) groups is 1. The molecule has 0 saturated heterocycles. The topological polar surface area (TPSA) is 50.4 Å². The van der Waals surface area contributed by atoms with Crippen LogP contribution in [0.2, 0.25) is 0 Å². The molecule has 0 radical (unpaired) electrons. The number of thioether (sulfide) groups is 1. The minimum Gasteiger partial charge on any atom is -0.383 e. The van der Waals surface area contributed by atoms with Crippen molar-refractivity contribution >= 4 is 17.7 Å². The standard InChI is InChI=1S/C19H22F2N2O2S/c1-25-12-11-22-9-10-23-19(24)18(14-5-3-2-4-6-14)26-15-7-8-16(20)17(21)13-15/h2-8,13,18,22H,9-12H2,1H3,(H,23,24). The smallest absolute Gasteiger partial charge is 0.238 e. The number of benzene rings is 2. The summed E-state index contributed by atoms with van der Waals surface area (Å²) >= 11 is 1.19. The molecule has 0 aromatic heterocycles. The van der Waals surface area contributed by atoms with Gasteiger partial charge in [0.1, 0.15) is 5.25 Å². The van der Waals surface area contributed by atoms with Crippen LogP contribution in [0.15, 0.2) is 53.4 Å². The maximum Gasteiger partial charge on any atom is 0.238 e. The van der Waals surface area contributed by atoms with E-state index in [0.717, 1.165) is 17.7 Å². The molecule has 26 heavy (non-hydrogen) atoms. The summed E-state index contributed by atoms with van der Waals surface area (Å²) in [5, 5.41) is 5.46. The number of hydrogen-bond donors (Lipinski definition) is 2. The number of rotatable bonds is 10. The number of halogens is 2. The van der Waals surface area contributed by atoms with Crippen molar-refractivity contribution < 1.29 is 18.3 Å². The maximum absolute atomic E-state index is 13.5. The Morgan fingerprint density at radius 2 is 1.85 bits per heavy atom. The van der Waals surface area contributed by atoms with Crippen LogP contribution in [0.1, 0.15) is 10.8 Å². The van der Waals surface area contributed by atoms with Gasteiger partial charge in [0.05, 0.1) is 6.61 Å². The highest BCUT2D eigenvalue weighted by Crippen LogP contribution is 2.35. The van der Waals surface area contributed by atoms with Gasteiger partial charge in [0.25, 0.3) is 0 Å².